The third-order valence-corrected chi connectivity index (χ3v) is 5.81. The number of fused-ring (bicyclic) bond motifs is 5. The van der Waals surface area contributed by atoms with Crippen molar-refractivity contribution < 1.29 is 19.5 Å². The molecule has 2 aromatic rings. The molecule has 24 heavy (non-hydrogen) atoms. The largest absolute Gasteiger partial charge is 0.480 e. The minimum Gasteiger partial charge on any atom is -0.480 e. The molecule has 0 unspecified atom stereocenters. The zero-order valence-electron chi connectivity index (χ0n) is 12.6. The van der Waals surface area contributed by atoms with E-state index in [1.165, 1.54) is 0 Å². The third-order valence-electron chi connectivity index (χ3n) is 4.50. The predicted molar refractivity (Wildman–Crippen MR) is 87.9 cm³/mol. The predicted octanol–water partition coefficient (Wildman–Crippen LogP) is 1.09. The number of carboxylic acids is 1. The molecule has 2 aliphatic rings. The van der Waals surface area contributed by atoms with Crippen LogP contribution >= 0.6 is 11.3 Å². The lowest BCUT2D eigenvalue weighted by atomic mass is 9.93. The number of aliphatic carboxylic acids is 1. The number of hydrogen-bond acceptors (Lipinski definition) is 4. The molecule has 2 atom stereocenters. The molecule has 1 fully saturated rings. The van der Waals surface area contributed by atoms with Crippen molar-refractivity contribution in [2.45, 2.75) is 18.5 Å². The Morgan fingerprint density at radius 1 is 1.38 bits per heavy atom. The Hall–Kier alpha value is -2.61. The van der Waals surface area contributed by atoms with Gasteiger partial charge in [0.1, 0.15) is 12.6 Å². The first-order chi connectivity index (χ1) is 11.6. The number of benzene rings is 1. The van der Waals surface area contributed by atoms with Crippen LogP contribution in [0.5, 0.6) is 0 Å². The highest BCUT2D eigenvalue weighted by Crippen LogP contribution is 2.44. The number of hydrogen-bond donors (Lipinski definition) is 3. The summed E-state index contributed by atoms with van der Waals surface area (Å²) in [7, 11) is 0. The van der Waals surface area contributed by atoms with E-state index < -0.39 is 24.5 Å². The van der Waals surface area contributed by atoms with Gasteiger partial charge in [-0.05, 0) is 17.0 Å². The molecule has 7 nitrogen and oxygen atoms in total. The molecule has 124 valence electrons. The summed E-state index contributed by atoms with van der Waals surface area (Å²) in [5.41, 5.74) is 1.09. The van der Waals surface area contributed by atoms with E-state index in [2.05, 4.69) is 10.6 Å². The number of carbonyl (C=O) groups is 3. The fourth-order valence-corrected chi connectivity index (χ4v) is 4.82. The van der Waals surface area contributed by atoms with Gasteiger partial charge in [0.15, 0.2) is 0 Å². The van der Waals surface area contributed by atoms with Crippen LogP contribution in [0.3, 0.4) is 0 Å². The molecule has 0 bridgehead atoms. The quantitative estimate of drug-likeness (QED) is 0.775. The van der Waals surface area contributed by atoms with Crippen LogP contribution in [0.2, 0.25) is 0 Å². The number of nitrogens with one attached hydrogen (secondary N) is 2. The summed E-state index contributed by atoms with van der Waals surface area (Å²) in [4.78, 5) is 38.0. The zero-order valence-corrected chi connectivity index (χ0v) is 13.4. The Labute approximate surface area is 141 Å². The van der Waals surface area contributed by atoms with Crippen molar-refractivity contribution in [3.63, 3.8) is 0 Å². The van der Waals surface area contributed by atoms with Gasteiger partial charge < -0.3 is 20.6 Å². The van der Waals surface area contributed by atoms with Gasteiger partial charge in [-0.15, -0.1) is 11.3 Å². The Balaban J connectivity index is 1.75. The summed E-state index contributed by atoms with van der Waals surface area (Å²) in [5.74, 6) is -1.54. The Kier molecular flexibility index (Phi) is 3.42. The monoisotopic (exact) mass is 345 g/mol. The van der Waals surface area contributed by atoms with Gasteiger partial charge >= 0.3 is 12.0 Å². The summed E-state index contributed by atoms with van der Waals surface area (Å²) in [6.07, 6.45) is 0.398. The van der Waals surface area contributed by atoms with Crippen LogP contribution in [0.4, 0.5) is 4.79 Å². The van der Waals surface area contributed by atoms with Crippen molar-refractivity contribution >= 4 is 39.3 Å². The lowest BCUT2D eigenvalue weighted by Gasteiger charge is -2.35. The van der Waals surface area contributed by atoms with E-state index in [-0.39, 0.29) is 12.1 Å². The molecular formula is C16H15N3O4S. The van der Waals surface area contributed by atoms with Gasteiger partial charge in [0.2, 0.25) is 5.91 Å². The molecule has 4 rings (SSSR count). The van der Waals surface area contributed by atoms with Gasteiger partial charge in [-0.1, -0.05) is 18.2 Å². The smallest absolute Gasteiger partial charge is 0.322 e. The molecule has 0 radical (unpaired) electrons. The maximum atomic E-state index is 12.5. The van der Waals surface area contributed by atoms with Crippen LogP contribution in [-0.2, 0) is 16.0 Å². The van der Waals surface area contributed by atoms with Crippen LogP contribution in [-0.4, -0.2) is 47.0 Å². The molecule has 8 heteroatoms. The SMILES string of the molecule is O=C(O)CNC(=O)[C@@H]1Cc2c(sc3ccccc23)[C@H]2CNC(=O)N21. The van der Waals surface area contributed by atoms with E-state index in [0.29, 0.717) is 13.0 Å². The van der Waals surface area contributed by atoms with Crippen LogP contribution in [0.25, 0.3) is 10.1 Å². The molecule has 3 N–H and O–H groups in total. The fraction of sp³-hybridized carbons (Fsp3) is 0.312. The number of thiophene rings is 1. The average molecular weight is 345 g/mol. The number of urea groups is 1. The molecule has 0 aliphatic carbocycles. The second-order valence-electron chi connectivity index (χ2n) is 5.88. The molecule has 1 aromatic carbocycles. The molecule has 2 aliphatic heterocycles. The molecule has 1 aromatic heterocycles. The molecule has 0 saturated carbocycles. The van der Waals surface area contributed by atoms with Crippen molar-refractivity contribution in [2.75, 3.05) is 13.1 Å². The second-order valence-corrected chi connectivity index (χ2v) is 6.97. The zero-order chi connectivity index (χ0) is 16.8. The van der Waals surface area contributed by atoms with Gasteiger partial charge in [-0.25, -0.2) is 4.79 Å². The van der Waals surface area contributed by atoms with Gasteiger partial charge in [-0.3, -0.25) is 9.59 Å². The number of carbonyl (C=O) groups excluding carboxylic acids is 2. The van der Waals surface area contributed by atoms with Gasteiger partial charge in [0.05, 0.1) is 6.04 Å². The van der Waals surface area contributed by atoms with E-state index in [9.17, 15) is 14.4 Å². The maximum absolute atomic E-state index is 12.5. The van der Waals surface area contributed by atoms with E-state index in [1.807, 2.05) is 24.3 Å². The summed E-state index contributed by atoms with van der Waals surface area (Å²) < 4.78 is 1.13. The first-order valence-corrected chi connectivity index (χ1v) is 8.44. The number of amides is 3. The van der Waals surface area contributed by atoms with Crippen LogP contribution < -0.4 is 10.6 Å². The van der Waals surface area contributed by atoms with Crippen molar-refractivity contribution in [2.24, 2.45) is 0 Å². The van der Waals surface area contributed by atoms with Crippen LogP contribution in [0, 0.1) is 0 Å². The molecule has 3 heterocycles. The van der Waals surface area contributed by atoms with Gasteiger partial charge in [-0.2, -0.15) is 0 Å². The Morgan fingerprint density at radius 3 is 2.96 bits per heavy atom. The lowest BCUT2D eigenvalue weighted by Crippen LogP contribution is -2.52. The van der Waals surface area contributed by atoms with Crippen LogP contribution in [0.1, 0.15) is 16.5 Å². The highest BCUT2D eigenvalue weighted by molar-refractivity contribution is 7.19. The van der Waals surface area contributed by atoms with Crippen molar-refractivity contribution in [3.05, 3.63) is 34.7 Å². The highest BCUT2D eigenvalue weighted by Gasteiger charge is 2.46. The maximum Gasteiger partial charge on any atom is 0.322 e. The second kappa shape index (κ2) is 5.48. The molecular weight excluding hydrogens is 330 g/mol. The number of rotatable bonds is 3. The van der Waals surface area contributed by atoms with E-state index >= 15 is 0 Å². The topological polar surface area (TPSA) is 98.7 Å². The minimum absolute atomic E-state index is 0.181. The van der Waals surface area contributed by atoms with Crippen LogP contribution in [0.15, 0.2) is 24.3 Å². The summed E-state index contributed by atoms with van der Waals surface area (Å²) >= 11 is 1.65. The van der Waals surface area contributed by atoms with E-state index in [0.717, 1.165) is 20.5 Å². The number of nitrogens with zero attached hydrogens (tertiary/aromatic N) is 1. The average Bonchev–Trinajstić information content (AvgIpc) is 3.13. The third kappa shape index (κ3) is 2.22. The summed E-state index contributed by atoms with van der Waals surface area (Å²) in [6, 6.07) is 6.83. The fourth-order valence-electron chi connectivity index (χ4n) is 3.48. The standard InChI is InChI=1S/C16H15N3O4S/c20-13(21)7-17-15(22)10-5-9-8-3-1-2-4-12(8)24-14(9)11-6-18-16(23)19(10)11/h1-4,10-11H,5-7H2,(H,17,22)(H,18,23)(H,20,21)/t10-,11+/m0/s1. The molecule has 3 amide bonds. The van der Waals surface area contributed by atoms with E-state index in [1.54, 1.807) is 16.2 Å². The Bertz CT molecular complexity index is 862. The normalized spacial score (nSPS) is 22.0. The number of carboxylic acid groups (broad SMARTS) is 1. The van der Waals surface area contributed by atoms with Crippen molar-refractivity contribution in [1.82, 2.24) is 15.5 Å². The lowest BCUT2D eigenvalue weighted by molar-refractivity contribution is -0.138. The van der Waals surface area contributed by atoms with Gasteiger partial charge in [0, 0.05) is 22.5 Å². The molecule has 0 spiro atoms. The minimum atomic E-state index is -1.11. The highest BCUT2D eigenvalue weighted by atomic mass is 32.1. The Morgan fingerprint density at radius 2 is 2.17 bits per heavy atom. The molecule has 1 saturated heterocycles. The van der Waals surface area contributed by atoms with E-state index in [4.69, 9.17) is 5.11 Å². The van der Waals surface area contributed by atoms with Crippen molar-refractivity contribution in [3.8, 4) is 0 Å². The van der Waals surface area contributed by atoms with Crippen molar-refractivity contribution in [1.29, 1.82) is 0 Å². The summed E-state index contributed by atoms with van der Waals surface area (Å²) in [6.45, 7) is 0.00800. The first kappa shape index (κ1) is 14.9. The summed E-state index contributed by atoms with van der Waals surface area (Å²) in [5, 5.41) is 15.1. The first-order valence-electron chi connectivity index (χ1n) is 7.62. The van der Waals surface area contributed by atoms with Gasteiger partial charge in [0.25, 0.3) is 0 Å².